The van der Waals surface area contributed by atoms with E-state index >= 15 is 0 Å². The maximum Gasteiger partial charge on any atom is 0.136 e. The molecule has 0 unspecified atom stereocenters. The van der Waals surface area contributed by atoms with Crippen molar-refractivity contribution in [2.75, 3.05) is 4.90 Å². The third kappa shape index (κ3) is 4.37. The second-order valence-corrected chi connectivity index (χ2v) is 12.5. The van der Waals surface area contributed by atoms with Gasteiger partial charge in [0, 0.05) is 44.0 Å². The molecule has 0 aliphatic carbocycles. The van der Waals surface area contributed by atoms with Crippen molar-refractivity contribution in [2.45, 2.75) is 0 Å². The lowest BCUT2D eigenvalue weighted by atomic mass is 10.00. The van der Waals surface area contributed by atoms with Crippen LogP contribution in [0.4, 0.5) is 17.1 Å². The minimum atomic E-state index is 0.891. The Morgan fingerprint density at radius 2 is 0.980 bits per heavy atom. The average Bonchev–Trinajstić information content (AvgIpc) is 3.72. The Kier molecular flexibility index (Phi) is 6.18. The lowest BCUT2D eigenvalue weighted by Crippen LogP contribution is -2.10. The molecule has 0 fully saturated rings. The van der Waals surface area contributed by atoms with Gasteiger partial charge in [0.2, 0.25) is 0 Å². The lowest BCUT2D eigenvalue weighted by Gasteiger charge is -2.27. The van der Waals surface area contributed by atoms with Gasteiger partial charge in [0.1, 0.15) is 11.2 Å². The molecule has 3 nitrogen and oxygen atoms in total. The number of aromatic nitrogens is 1. The number of hydrogen-bond acceptors (Lipinski definition) is 2. The van der Waals surface area contributed by atoms with Crippen molar-refractivity contribution in [1.82, 2.24) is 4.57 Å². The summed E-state index contributed by atoms with van der Waals surface area (Å²) in [4.78, 5) is 2.38. The standard InChI is InChI=1S/C46H30N2O/c1-2-11-31(12-3-1)32-21-24-34(25-22-32)47(42-19-10-13-33-23-30-44-46(45(33)42)39-16-6-9-20-43(39)49-44)35-26-28-36(29-27-35)48-40-17-7-4-14-37(40)38-15-5-8-18-41(38)48/h1-30H. The van der Waals surface area contributed by atoms with Gasteiger partial charge in [-0.25, -0.2) is 0 Å². The van der Waals surface area contributed by atoms with E-state index in [0.717, 1.165) is 44.7 Å². The number of nitrogens with zero attached hydrogens (tertiary/aromatic N) is 2. The summed E-state index contributed by atoms with van der Waals surface area (Å²) >= 11 is 0. The fraction of sp³-hybridized carbons (Fsp3) is 0. The van der Waals surface area contributed by atoms with Gasteiger partial charge in [0.15, 0.2) is 0 Å². The maximum atomic E-state index is 6.38. The van der Waals surface area contributed by atoms with Gasteiger partial charge in [-0.3, -0.25) is 0 Å². The number of para-hydroxylation sites is 3. The molecular weight excluding hydrogens is 597 g/mol. The highest BCUT2D eigenvalue weighted by atomic mass is 16.3. The molecule has 0 amide bonds. The van der Waals surface area contributed by atoms with Gasteiger partial charge < -0.3 is 13.9 Å². The Labute approximate surface area is 283 Å². The number of fused-ring (bicyclic) bond motifs is 8. The Bertz CT molecular complexity index is 2750. The molecule has 0 saturated carbocycles. The normalized spacial score (nSPS) is 11.7. The number of furan rings is 1. The van der Waals surface area contributed by atoms with Gasteiger partial charge in [-0.05, 0) is 83.2 Å². The predicted molar refractivity (Wildman–Crippen MR) is 206 cm³/mol. The van der Waals surface area contributed by atoms with E-state index in [-0.39, 0.29) is 0 Å². The van der Waals surface area contributed by atoms with Crippen LogP contribution in [0.2, 0.25) is 0 Å². The molecular formula is C46H30N2O. The second kappa shape index (κ2) is 11.0. The molecule has 2 aromatic heterocycles. The van der Waals surface area contributed by atoms with E-state index < -0.39 is 0 Å². The monoisotopic (exact) mass is 626 g/mol. The van der Waals surface area contributed by atoms with E-state index in [0.29, 0.717) is 0 Å². The zero-order chi connectivity index (χ0) is 32.3. The molecule has 0 radical (unpaired) electrons. The highest BCUT2D eigenvalue weighted by molar-refractivity contribution is 6.23. The second-order valence-electron chi connectivity index (χ2n) is 12.5. The summed E-state index contributed by atoms with van der Waals surface area (Å²) < 4.78 is 8.75. The minimum Gasteiger partial charge on any atom is -0.456 e. The topological polar surface area (TPSA) is 21.3 Å². The van der Waals surface area contributed by atoms with Crippen LogP contribution in [-0.4, -0.2) is 4.57 Å². The van der Waals surface area contributed by atoms with E-state index in [2.05, 4.69) is 185 Å². The Morgan fingerprint density at radius 3 is 1.69 bits per heavy atom. The van der Waals surface area contributed by atoms with Gasteiger partial charge in [0.25, 0.3) is 0 Å². The molecule has 0 saturated heterocycles. The van der Waals surface area contributed by atoms with Crippen molar-refractivity contribution in [3.63, 3.8) is 0 Å². The molecule has 0 spiro atoms. The molecule has 0 N–H and O–H groups in total. The Hall–Kier alpha value is -6.58. The third-order valence-electron chi connectivity index (χ3n) is 9.78. The molecule has 2 heterocycles. The van der Waals surface area contributed by atoms with Crippen molar-refractivity contribution in [3.05, 3.63) is 182 Å². The number of hydrogen-bond donors (Lipinski definition) is 0. The van der Waals surface area contributed by atoms with Crippen LogP contribution in [0.15, 0.2) is 186 Å². The van der Waals surface area contributed by atoms with E-state index in [1.807, 2.05) is 6.07 Å². The van der Waals surface area contributed by atoms with Crippen LogP contribution in [0.1, 0.15) is 0 Å². The van der Waals surface area contributed by atoms with Crippen LogP contribution in [0, 0.1) is 0 Å². The van der Waals surface area contributed by atoms with E-state index in [9.17, 15) is 0 Å². The average molecular weight is 627 g/mol. The first kappa shape index (κ1) is 27.5. The maximum absolute atomic E-state index is 6.38. The fourth-order valence-electron chi connectivity index (χ4n) is 7.57. The summed E-state index contributed by atoms with van der Waals surface area (Å²) in [6.07, 6.45) is 0. The molecule has 49 heavy (non-hydrogen) atoms. The molecule has 230 valence electrons. The number of anilines is 3. The molecule has 0 atom stereocenters. The number of benzene rings is 8. The number of rotatable bonds is 5. The Morgan fingerprint density at radius 1 is 0.388 bits per heavy atom. The summed E-state index contributed by atoms with van der Waals surface area (Å²) in [7, 11) is 0. The third-order valence-corrected chi connectivity index (χ3v) is 9.78. The smallest absolute Gasteiger partial charge is 0.136 e. The van der Waals surface area contributed by atoms with Crippen molar-refractivity contribution in [2.24, 2.45) is 0 Å². The van der Waals surface area contributed by atoms with E-state index in [4.69, 9.17) is 4.42 Å². The SMILES string of the molecule is c1ccc(-c2ccc(N(c3ccc(-n4c5ccccc5c5ccccc54)cc3)c3cccc4ccc5oc6ccccc6c5c34)cc2)cc1. The van der Waals surface area contributed by atoms with Gasteiger partial charge in [0.05, 0.1) is 16.7 Å². The van der Waals surface area contributed by atoms with Crippen LogP contribution in [0.3, 0.4) is 0 Å². The fourth-order valence-corrected chi connectivity index (χ4v) is 7.57. The minimum absolute atomic E-state index is 0.891. The Balaban J connectivity index is 1.19. The van der Waals surface area contributed by atoms with Crippen LogP contribution < -0.4 is 4.90 Å². The molecule has 10 rings (SSSR count). The van der Waals surface area contributed by atoms with E-state index in [1.165, 1.54) is 43.7 Å². The first-order valence-electron chi connectivity index (χ1n) is 16.7. The quantitative estimate of drug-likeness (QED) is 0.190. The van der Waals surface area contributed by atoms with Gasteiger partial charge >= 0.3 is 0 Å². The first-order valence-corrected chi connectivity index (χ1v) is 16.7. The summed E-state index contributed by atoms with van der Waals surface area (Å²) in [5.41, 5.74) is 11.0. The van der Waals surface area contributed by atoms with Gasteiger partial charge in [-0.15, -0.1) is 0 Å². The van der Waals surface area contributed by atoms with Crippen LogP contribution in [0.5, 0.6) is 0 Å². The summed E-state index contributed by atoms with van der Waals surface area (Å²) in [5, 5.41) is 7.12. The molecule has 8 aromatic carbocycles. The highest BCUT2D eigenvalue weighted by Gasteiger charge is 2.20. The molecule has 0 bridgehead atoms. The van der Waals surface area contributed by atoms with Crippen LogP contribution in [0.25, 0.3) is 71.3 Å². The zero-order valence-corrected chi connectivity index (χ0v) is 26.6. The van der Waals surface area contributed by atoms with E-state index in [1.54, 1.807) is 0 Å². The zero-order valence-electron chi connectivity index (χ0n) is 26.6. The summed E-state index contributed by atoms with van der Waals surface area (Å²) in [6, 6.07) is 64.9. The predicted octanol–water partition coefficient (Wildman–Crippen LogP) is 13.0. The van der Waals surface area contributed by atoms with Crippen LogP contribution in [-0.2, 0) is 0 Å². The molecule has 10 aromatic rings. The van der Waals surface area contributed by atoms with Crippen molar-refractivity contribution >= 4 is 71.6 Å². The van der Waals surface area contributed by atoms with Crippen molar-refractivity contribution in [1.29, 1.82) is 0 Å². The van der Waals surface area contributed by atoms with Crippen molar-refractivity contribution < 1.29 is 4.42 Å². The molecule has 0 aliphatic heterocycles. The first-order chi connectivity index (χ1) is 24.3. The van der Waals surface area contributed by atoms with Gasteiger partial charge in [-0.2, -0.15) is 0 Å². The highest BCUT2D eigenvalue weighted by Crippen LogP contribution is 2.45. The van der Waals surface area contributed by atoms with Gasteiger partial charge in [-0.1, -0.05) is 115 Å². The summed E-state index contributed by atoms with van der Waals surface area (Å²) in [6.45, 7) is 0. The van der Waals surface area contributed by atoms with Crippen LogP contribution >= 0.6 is 0 Å². The molecule has 0 aliphatic rings. The lowest BCUT2D eigenvalue weighted by molar-refractivity contribution is 0.669. The summed E-state index contributed by atoms with van der Waals surface area (Å²) in [5.74, 6) is 0. The molecule has 3 heteroatoms. The largest absolute Gasteiger partial charge is 0.456 e. The van der Waals surface area contributed by atoms with Crippen molar-refractivity contribution in [3.8, 4) is 16.8 Å².